The highest BCUT2D eigenvalue weighted by molar-refractivity contribution is 6.14. The maximum absolute atomic E-state index is 13.3. The second kappa shape index (κ2) is 12.2. The molecule has 1 atom stereocenters. The third kappa shape index (κ3) is 6.89. The lowest BCUT2D eigenvalue weighted by atomic mass is 9.81. The molecule has 1 unspecified atom stereocenters. The highest BCUT2D eigenvalue weighted by Gasteiger charge is 2.25. The molecule has 0 aliphatic heterocycles. The van der Waals surface area contributed by atoms with Crippen LogP contribution in [0.2, 0.25) is 0 Å². The van der Waals surface area contributed by atoms with Crippen molar-refractivity contribution in [1.29, 1.82) is 0 Å². The number of ketones is 1. The molecule has 3 nitrogen and oxygen atoms in total. The van der Waals surface area contributed by atoms with Crippen LogP contribution in [-0.2, 0) is 18.0 Å². The Morgan fingerprint density at radius 1 is 0.605 bits per heavy atom. The molecule has 38 heavy (non-hydrogen) atoms. The van der Waals surface area contributed by atoms with Crippen molar-refractivity contribution >= 4 is 17.9 Å². The van der Waals surface area contributed by atoms with E-state index in [4.69, 9.17) is 9.47 Å². The van der Waals surface area contributed by atoms with Gasteiger partial charge in [-0.25, -0.2) is 0 Å². The van der Waals surface area contributed by atoms with Gasteiger partial charge in [-0.05, 0) is 77.4 Å². The summed E-state index contributed by atoms with van der Waals surface area (Å²) in [5.74, 6) is 2.18. The standard InChI is InChI=1S/C35H32O3/c1-26-20-31(22-27-12-16-33(17-13-27)37-24-29-8-4-2-5-9-29)35(36)32(21-26)23-28-14-18-34(19-15-28)38-25-30-10-6-3-7-11-30/h2-19,22-23,26H,20-21,24-25H2,1H3/b31-22-,32-23+. The van der Waals surface area contributed by atoms with Gasteiger partial charge < -0.3 is 9.47 Å². The second-order valence-corrected chi connectivity index (χ2v) is 9.87. The molecule has 5 rings (SSSR count). The van der Waals surface area contributed by atoms with E-state index in [-0.39, 0.29) is 5.78 Å². The first-order chi connectivity index (χ1) is 18.6. The number of Topliss-reactive ketones (excluding diaryl/α,β-unsaturated/α-hetero) is 1. The van der Waals surface area contributed by atoms with Gasteiger partial charge in [0, 0.05) is 11.1 Å². The fourth-order valence-corrected chi connectivity index (χ4v) is 4.67. The summed E-state index contributed by atoms with van der Waals surface area (Å²) in [6, 6.07) is 36.1. The van der Waals surface area contributed by atoms with Crippen LogP contribution in [0.4, 0.5) is 0 Å². The molecule has 1 aliphatic rings. The SMILES string of the molecule is CC1C/C(=C/c2ccc(OCc3ccccc3)cc2)C(=O)/C(=C/c2ccc(OCc3ccccc3)cc2)C1. The minimum Gasteiger partial charge on any atom is -0.489 e. The Morgan fingerprint density at radius 2 is 1.00 bits per heavy atom. The molecule has 190 valence electrons. The predicted molar refractivity (Wildman–Crippen MR) is 154 cm³/mol. The summed E-state index contributed by atoms with van der Waals surface area (Å²) in [5.41, 5.74) is 6.00. The molecule has 3 heteroatoms. The zero-order chi connectivity index (χ0) is 26.2. The van der Waals surface area contributed by atoms with Gasteiger partial charge in [0.1, 0.15) is 24.7 Å². The van der Waals surface area contributed by atoms with Gasteiger partial charge in [0.25, 0.3) is 0 Å². The van der Waals surface area contributed by atoms with Crippen LogP contribution in [0.25, 0.3) is 12.2 Å². The smallest absolute Gasteiger partial charge is 0.185 e. The van der Waals surface area contributed by atoms with Gasteiger partial charge in [-0.1, -0.05) is 91.9 Å². The van der Waals surface area contributed by atoms with E-state index in [2.05, 4.69) is 6.92 Å². The largest absolute Gasteiger partial charge is 0.489 e. The van der Waals surface area contributed by atoms with Crippen LogP contribution in [-0.4, -0.2) is 5.78 Å². The van der Waals surface area contributed by atoms with Crippen LogP contribution in [0.15, 0.2) is 120 Å². The fourth-order valence-electron chi connectivity index (χ4n) is 4.67. The van der Waals surface area contributed by atoms with Crippen molar-refractivity contribution in [2.75, 3.05) is 0 Å². The van der Waals surface area contributed by atoms with Gasteiger partial charge in [0.05, 0.1) is 0 Å². The summed E-state index contributed by atoms with van der Waals surface area (Å²) in [4.78, 5) is 13.3. The van der Waals surface area contributed by atoms with Crippen molar-refractivity contribution in [2.45, 2.75) is 33.0 Å². The molecule has 0 aromatic heterocycles. The molecular formula is C35H32O3. The molecule has 1 saturated carbocycles. The summed E-state index contributed by atoms with van der Waals surface area (Å²) < 4.78 is 11.8. The number of hydrogen-bond acceptors (Lipinski definition) is 3. The molecule has 4 aromatic carbocycles. The minimum absolute atomic E-state index is 0.136. The van der Waals surface area contributed by atoms with Gasteiger partial charge in [-0.15, -0.1) is 0 Å². The molecule has 0 spiro atoms. The first-order valence-corrected chi connectivity index (χ1v) is 13.1. The molecule has 0 radical (unpaired) electrons. The Kier molecular flexibility index (Phi) is 8.15. The van der Waals surface area contributed by atoms with Crippen LogP contribution in [0.5, 0.6) is 11.5 Å². The molecule has 1 fully saturated rings. The van der Waals surface area contributed by atoms with Crippen LogP contribution in [0.1, 0.15) is 42.0 Å². The lowest BCUT2D eigenvalue weighted by Crippen LogP contribution is -2.18. The number of hydrogen-bond donors (Lipinski definition) is 0. The van der Waals surface area contributed by atoms with Crippen molar-refractivity contribution in [3.63, 3.8) is 0 Å². The number of rotatable bonds is 8. The number of benzene rings is 4. The number of ether oxygens (including phenoxy) is 2. The van der Waals surface area contributed by atoms with Crippen LogP contribution < -0.4 is 9.47 Å². The third-order valence-corrected chi connectivity index (χ3v) is 6.66. The van der Waals surface area contributed by atoms with E-state index in [1.54, 1.807) is 0 Å². The highest BCUT2D eigenvalue weighted by Crippen LogP contribution is 2.32. The average molecular weight is 501 g/mol. The first kappa shape index (κ1) is 25.3. The molecule has 0 saturated heterocycles. The fraction of sp³-hybridized carbons (Fsp3) is 0.171. The lowest BCUT2D eigenvalue weighted by molar-refractivity contribution is -0.113. The summed E-state index contributed by atoms with van der Waals surface area (Å²) >= 11 is 0. The second-order valence-electron chi connectivity index (χ2n) is 9.87. The van der Waals surface area contributed by atoms with Crippen molar-refractivity contribution in [3.8, 4) is 11.5 Å². The molecule has 0 heterocycles. The van der Waals surface area contributed by atoms with Gasteiger partial charge in [-0.3, -0.25) is 4.79 Å². The predicted octanol–water partition coefficient (Wildman–Crippen LogP) is 8.31. The highest BCUT2D eigenvalue weighted by atomic mass is 16.5. The molecule has 4 aromatic rings. The maximum Gasteiger partial charge on any atom is 0.185 e. The molecule has 0 amide bonds. The van der Waals surface area contributed by atoms with Crippen LogP contribution in [0, 0.1) is 5.92 Å². The Hall–Kier alpha value is -4.37. The zero-order valence-electron chi connectivity index (χ0n) is 21.7. The Morgan fingerprint density at radius 3 is 1.39 bits per heavy atom. The van der Waals surface area contributed by atoms with Crippen molar-refractivity contribution in [2.24, 2.45) is 5.92 Å². The molecular weight excluding hydrogens is 468 g/mol. The van der Waals surface area contributed by atoms with Gasteiger partial charge in [-0.2, -0.15) is 0 Å². The summed E-state index contributed by atoms with van der Waals surface area (Å²) in [6.07, 6.45) is 5.62. The Balaban J connectivity index is 1.23. The van der Waals surface area contributed by atoms with Gasteiger partial charge in [0.2, 0.25) is 0 Å². The van der Waals surface area contributed by atoms with Crippen molar-refractivity contribution in [1.82, 2.24) is 0 Å². The zero-order valence-corrected chi connectivity index (χ0v) is 21.7. The van der Waals surface area contributed by atoms with E-state index in [0.29, 0.717) is 19.1 Å². The average Bonchev–Trinajstić information content (AvgIpc) is 2.96. The van der Waals surface area contributed by atoms with Crippen LogP contribution in [0.3, 0.4) is 0 Å². The first-order valence-electron chi connectivity index (χ1n) is 13.1. The van der Waals surface area contributed by atoms with Crippen molar-refractivity contribution < 1.29 is 14.3 Å². The van der Waals surface area contributed by atoms with Crippen LogP contribution >= 0.6 is 0 Å². The van der Waals surface area contributed by atoms with E-state index < -0.39 is 0 Å². The topological polar surface area (TPSA) is 35.5 Å². The minimum atomic E-state index is 0.136. The lowest BCUT2D eigenvalue weighted by Gasteiger charge is -2.22. The maximum atomic E-state index is 13.3. The summed E-state index contributed by atoms with van der Waals surface area (Å²) in [5, 5.41) is 0. The van der Waals surface area contributed by atoms with E-state index in [1.165, 1.54) is 0 Å². The van der Waals surface area contributed by atoms with Gasteiger partial charge in [0.15, 0.2) is 5.78 Å². The summed E-state index contributed by atoms with van der Waals surface area (Å²) in [7, 11) is 0. The number of allylic oxidation sites excluding steroid dienone is 2. The van der Waals surface area contributed by atoms with Gasteiger partial charge >= 0.3 is 0 Å². The Labute approximate surface area is 225 Å². The third-order valence-electron chi connectivity index (χ3n) is 6.66. The molecule has 0 bridgehead atoms. The van der Waals surface area contributed by atoms with E-state index in [0.717, 1.165) is 57.7 Å². The summed E-state index contributed by atoms with van der Waals surface area (Å²) in [6.45, 7) is 3.27. The van der Waals surface area contributed by atoms with E-state index >= 15 is 0 Å². The van der Waals surface area contributed by atoms with E-state index in [1.807, 2.05) is 121 Å². The molecule has 0 N–H and O–H groups in total. The molecule has 1 aliphatic carbocycles. The van der Waals surface area contributed by atoms with E-state index in [9.17, 15) is 4.79 Å². The quantitative estimate of drug-likeness (QED) is 0.228. The number of carbonyl (C=O) groups excluding carboxylic acids is 1. The van der Waals surface area contributed by atoms with Crippen molar-refractivity contribution in [3.05, 3.63) is 143 Å². The monoisotopic (exact) mass is 500 g/mol. The normalized spacial score (nSPS) is 17.5. The number of carbonyl (C=O) groups is 1. The Bertz CT molecular complexity index is 1290.